The van der Waals surface area contributed by atoms with Crippen LogP contribution in [0.5, 0.6) is 0 Å². The fraction of sp³-hybridized carbons (Fsp3) is 0.647. The monoisotopic (exact) mass is 321 g/mol. The van der Waals surface area contributed by atoms with E-state index in [4.69, 9.17) is 4.74 Å². The minimum atomic E-state index is -0.473. The van der Waals surface area contributed by atoms with Crippen LogP contribution in [0.4, 0.5) is 4.39 Å². The average molecular weight is 321 g/mol. The second kappa shape index (κ2) is 6.53. The van der Waals surface area contributed by atoms with Crippen LogP contribution in [0.2, 0.25) is 0 Å². The number of likely N-dealkylation sites (N-methyl/N-ethyl adjacent to an activating group) is 1. The number of ether oxygens (including phenoxy) is 1. The van der Waals surface area contributed by atoms with Crippen LogP contribution in [0.15, 0.2) is 18.5 Å². The highest BCUT2D eigenvalue weighted by Gasteiger charge is 2.44. The molecule has 2 aliphatic rings. The van der Waals surface area contributed by atoms with E-state index in [2.05, 4.69) is 24.0 Å². The van der Waals surface area contributed by atoms with Crippen LogP contribution in [-0.4, -0.2) is 67.1 Å². The standard InChI is InChI=1S/C17H24FN3O2/c1-20(2)15-5-12-9-21(10-13(12)6-16(15)23-3)17(22)11-4-14(18)8-19-7-11/h4,7-8,12-13,15-16H,5-6,9-10H2,1-3H3/t12-,13+,15-,16-/m1/s1. The van der Waals surface area contributed by atoms with Crippen LogP contribution in [0.25, 0.3) is 0 Å². The van der Waals surface area contributed by atoms with Crippen molar-refractivity contribution in [3.05, 3.63) is 29.8 Å². The molecule has 4 atom stereocenters. The Labute approximate surface area is 136 Å². The summed E-state index contributed by atoms with van der Waals surface area (Å²) in [7, 11) is 5.92. The van der Waals surface area contributed by atoms with Crippen LogP contribution < -0.4 is 0 Å². The van der Waals surface area contributed by atoms with Crippen molar-refractivity contribution < 1.29 is 13.9 Å². The number of halogens is 1. The Morgan fingerprint density at radius 1 is 1.30 bits per heavy atom. The van der Waals surface area contributed by atoms with Gasteiger partial charge in [-0.25, -0.2) is 4.39 Å². The Balaban J connectivity index is 1.71. The van der Waals surface area contributed by atoms with Gasteiger partial charge in [0.25, 0.3) is 5.91 Å². The number of aromatic nitrogens is 1. The molecule has 1 aliphatic heterocycles. The molecule has 1 aromatic heterocycles. The predicted octanol–water partition coefficient (Wildman–Crippen LogP) is 1.65. The van der Waals surface area contributed by atoms with Gasteiger partial charge in [0, 0.05) is 32.4 Å². The number of likely N-dealkylation sites (tertiary alicyclic amines) is 1. The maximum atomic E-state index is 13.3. The van der Waals surface area contributed by atoms with Gasteiger partial charge in [0.2, 0.25) is 0 Å². The number of fused-ring (bicyclic) bond motifs is 1. The predicted molar refractivity (Wildman–Crippen MR) is 84.6 cm³/mol. The van der Waals surface area contributed by atoms with Crippen LogP contribution in [0.3, 0.4) is 0 Å². The maximum absolute atomic E-state index is 13.3. The third-order valence-electron chi connectivity index (χ3n) is 5.29. The molecule has 126 valence electrons. The lowest BCUT2D eigenvalue weighted by atomic mass is 9.77. The molecule has 2 heterocycles. The van der Waals surface area contributed by atoms with Crippen LogP contribution in [0, 0.1) is 17.7 Å². The summed E-state index contributed by atoms with van der Waals surface area (Å²) in [4.78, 5) is 20.4. The molecule has 0 N–H and O–H groups in total. The normalized spacial score (nSPS) is 30.6. The van der Waals surface area contributed by atoms with E-state index in [0.29, 0.717) is 23.4 Å². The molecule has 1 saturated heterocycles. The number of carbonyl (C=O) groups is 1. The third-order valence-corrected chi connectivity index (χ3v) is 5.29. The lowest BCUT2D eigenvalue weighted by Crippen LogP contribution is -2.47. The largest absolute Gasteiger partial charge is 0.380 e. The summed E-state index contributed by atoms with van der Waals surface area (Å²) in [6, 6.07) is 1.64. The SMILES string of the molecule is CO[C@@H]1C[C@H]2CN(C(=O)c3cncc(F)c3)C[C@H]2C[C@H]1N(C)C. The molecule has 1 aliphatic carbocycles. The zero-order valence-electron chi connectivity index (χ0n) is 13.9. The lowest BCUT2D eigenvalue weighted by Gasteiger charge is -2.40. The number of pyridine rings is 1. The smallest absolute Gasteiger partial charge is 0.255 e. The number of nitrogens with zero attached hydrogens (tertiary/aromatic N) is 3. The van der Waals surface area contributed by atoms with E-state index in [1.165, 1.54) is 12.3 Å². The van der Waals surface area contributed by atoms with Crippen molar-refractivity contribution >= 4 is 5.91 Å². The summed E-state index contributed by atoms with van der Waals surface area (Å²) in [5.41, 5.74) is 0.330. The Kier molecular flexibility index (Phi) is 4.64. The molecular weight excluding hydrogens is 297 g/mol. The van der Waals surface area contributed by atoms with E-state index < -0.39 is 5.82 Å². The zero-order chi connectivity index (χ0) is 16.6. The second-order valence-electron chi connectivity index (χ2n) is 6.90. The second-order valence-corrected chi connectivity index (χ2v) is 6.90. The molecular formula is C17H24FN3O2. The quantitative estimate of drug-likeness (QED) is 0.849. The van der Waals surface area contributed by atoms with Crippen molar-refractivity contribution in [1.82, 2.24) is 14.8 Å². The van der Waals surface area contributed by atoms with Gasteiger partial charge in [0.1, 0.15) is 5.82 Å². The summed E-state index contributed by atoms with van der Waals surface area (Å²) in [6.07, 6.45) is 4.76. The topological polar surface area (TPSA) is 45.7 Å². The van der Waals surface area contributed by atoms with E-state index in [1.54, 1.807) is 7.11 Å². The molecule has 6 heteroatoms. The van der Waals surface area contributed by atoms with E-state index in [1.807, 2.05) is 4.90 Å². The molecule has 3 rings (SSSR count). The molecule has 23 heavy (non-hydrogen) atoms. The Bertz CT molecular complexity index is 581. The van der Waals surface area contributed by atoms with Crippen molar-refractivity contribution in [2.75, 3.05) is 34.3 Å². The minimum Gasteiger partial charge on any atom is -0.380 e. The molecule has 1 aromatic rings. The Morgan fingerprint density at radius 2 is 2.00 bits per heavy atom. The highest BCUT2D eigenvalue weighted by Crippen LogP contribution is 2.39. The highest BCUT2D eigenvalue weighted by molar-refractivity contribution is 5.94. The van der Waals surface area contributed by atoms with Crippen LogP contribution >= 0.6 is 0 Å². The number of rotatable bonds is 3. The van der Waals surface area contributed by atoms with E-state index >= 15 is 0 Å². The van der Waals surface area contributed by atoms with Crippen LogP contribution in [-0.2, 0) is 4.74 Å². The van der Waals surface area contributed by atoms with Crippen molar-refractivity contribution in [3.63, 3.8) is 0 Å². The van der Waals surface area contributed by atoms with Gasteiger partial charge in [-0.15, -0.1) is 0 Å². The number of carbonyl (C=O) groups excluding carboxylic acids is 1. The molecule has 1 amide bonds. The minimum absolute atomic E-state index is 0.123. The lowest BCUT2D eigenvalue weighted by molar-refractivity contribution is -0.0209. The first-order chi connectivity index (χ1) is 11.0. The van der Waals surface area contributed by atoms with Gasteiger partial charge >= 0.3 is 0 Å². The van der Waals surface area contributed by atoms with Crippen molar-refractivity contribution in [1.29, 1.82) is 0 Å². The van der Waals surface area contributed by atoms with Gasteiger partial charge in [-0.3, -0.25) is 9.78 Å². The van der Waals surface area contributed by atoms with Gasteiger partial charge in [-0.1, -0.05) is 0 Å². The molecule has 0 bridgehead atoms. The van der Waals surface area contributed by atoms with Gasteiger partial charge in [0.05, 0.1) is 17.9 Å². The number of hydrogen-bond acceptors (Lipinski definition) is 4. The molecule has 5 nitrogen and oxygen atoms in total. The van der Waals surface area contributed by atoms with Crippen molar-refractivity contribution in [2.24, 2.45) is 11.8 Å². The highest BCUT2D eigenvalue weighted by atomic mass is 19.1. The number of hydrogen-bond donors (Lipinski definition) is 0. The Morgan fingerprint density at radius 3 is 2.61 bits per heavy atom. The zero-order valence-corrected chi connectivity index (χ0v) is 13.9. The fourth-order valence-electron chi connectivity index (χ4n) is 4.06. The maximum Gasteiger partial charge on any atom is 0.255 e. The fourth-order valence-corrected chi connectivity index (χ4v) is 4.06. The molecule has 0 radical (unpaired) electrons. The van der Waals surface area contributed by atoms with Crippen molar-refractivity contribution in [3.8, 4) is 0 Å². The van der Waals surface area contributed by atoms with Crippen molar-refractivity contribution in [2.45, 2.75) is 25.0 Å². The summed E-state index contributed by atoms with van der Waals surface area (Å²) in [6.45, 7) is 1.46. The summed E-state index contributed by atoms with van der Waals surface area (Å²) < 4.78 is 19.0. The van der Waals surface area contributed by atoms with E-state index in [-0.39, 0.29) is 12.0 Å². The Hall–Kier alpha value is -1.53. The number of methoxy groups -OCH3 is 1. The van der Waals surface area contributed by atoms with E-state index in [0.717, 1.165) is 32.1 Å². The van der Waals surface area contributed by atoms with Gasteiger partial charge in [0.15, 0.2) is 0 Å². The third kappa shape index (κ3) is 3.23. The molecule has 2 fully saturated rings. The summed E-state index contributed by atoms with van der Waals surface area (Å²) in [5, 5.41) is 0. The van der Waals surface area contributed by atoms with E-state index in [9.17, 15) is 9.18 Å². The first-order valence-corrected chi connectivity index (χ1v) is 8.08. The first-order valence-electron chi connectivity index (χ1n) is 8.08. The molecule has 0 aromatic carbocycles. The van der Waals surface area contributed by atoms with Gasteiger partial charge in [-0.05, 0) is 44.8 Å². The molecule has 0 unspecified atom stereocenters. The molecule has 1 saturated carbocycles. The first kappa shape index (κ1) is 16.3. The van der Waals surface area contributed by atoms with Gasteiger partial charge < -0.3 is 14.5 Å². The summed E-state index contributed by atoms with van der Waals surface area (Å²) >= 11 is 0. The average Bonchev–Trinajstić information content (AvgIpc) is 2.95. The van der Waals surface area contributed by atoms with Crippen LogP contribution in [0.1, 0.15) is 23.2 Å². The summed E-state index contributed by atoms with van der Waals surface area (Å²) in [5.74, 6) is 0.349. The number of amides is 1. The molecule has 0 spiro atoms. The van der Waals surface area contributed by atoms with Gasteiger partial charge in [-0.2, -0.15) is 0 Å².